The van der Waals surface area contributed by atoms with E-state index in [2.05, 4.69) is 44.4 Å². The van der Waals surface area contributed by atoms with E-state index in [1.807, 2.05) is 6.07 Å². The summed E-state index contributed by atoms with van der Waals surface area (Å²) in [6.45, 7) is 7.59. The van der Waals surface area contributed by atoms with Crippen LogP contribution in [0.3, 0.4) is 0 Å². The smallest absolute Gasteiger partial charge is 0.122 e. The largest absolute Gasteiger partial charge is 0.493 e. The Morgan fingerprint density at radius 3 is 2.79 bits per heavy atom. The first-order chi connectivity index (χ1) is 8.99. The monoisotopic (exact) mass is 262 g/mol. The Labute approximate surface area is 116 Å². The third-order valence-corrected chi connectivity index (χ3v) is 3.75. The van der Waals surface area contributed by atoms with E-state index in [1.165, 1.54) is 5.56 Å². The Hall–Kier alpha value is -1.06. The highest BCUT2D eigenvalue weighted by Gasteiger charge is 2.26. The molecule has 0 fully saturated rings. The molecule has 1 aromatic carbocycles. The lowest BCUT2D eigenvalue weighted by molar-refractivity contribution is 0.238. The Balaban J connectivity index is 2.07. The van der Waals surface area contributed by atoms with Crippen LogP contribution in [0.2, 0.25) is 0 Å². The SMILES string of the molecule is CC(C)(C)CC(CC1CCOc2ccccc21)NN. The van der Waals surface area contributed by atoms with E-state index in [9.17, 15) is 0 Å². The number of hydrogen-bond donors (Lipinski definition) is 2. The van der Waals surface area contributed by atoms with Crippen LogP contribution in [0.15, 0.2) is 24.3 Å². The van der Waals surface area contributed by atoms with Gasteiger partial charge in [-0.2, -0.15) is 0 Å². The molecule has 0 saturated heterocycles. The van der Waals surface area contributed by atoms with Crippen LogP contribution in [-0.4, -0.2) is 12.6 Å². The fraction of sp³-hybridized carbons (Fsp3) is 0.625. The van der Waals surface area contributed by atoms with Crippen molar-refractivity contribution in [3.8, 4) is 5.75 Å². The quantitative estimate of drug-likeness (QED) is 0.647. The fourth-order valence-corrected chi connectivity index (χ4v) is 2.95. The highest BCUT2D eigenvalue weighted by molar-refractivity contribution is 5.37. The minimum absolute atomic E-state index is 0.293. The minimum Gasteiger partial charge on any atom is -0.493 e. The molecule has 0 aromatic heterocycles. The Kier molecular flexibility index (Phi) is 4.48. The maximum Gasteiger partial charge on any atom is 0.122 e. The van der Waals surface area contributed by atoms with Crippen LogP contribution in [0.4, 0.5) is 0 Å². The molecule has 3 heteroatoms. The summed E-state index contributed by atoms with van der Waals surface area (Å²) in [7, 11) is 0. The van der Waals surface area contributed by atoms with Gasteiger partial charge in [0.05, 0.1) is 6.61 Å². The van der Waals surface area contributed by atoms with Crippen LogP contribution in [0.25, 0.3) is 0 Å². The molecule has 0 amide bonds. The molecule has 1 aromatic rings. The molecule has 0 bridgehead atoms. The molecule has 0 radical (unpaired) electrons. The van der Waals surface area contributed by atoms with Crippen LogP contribution < -0.4 is 16.0 Å². The minimum atomic E-state index is 0.293. The lowest BCUT2D eigenvalue weighted by Crippen LogP contribution is -2.39. The molecule has 19 heavy (non-hydrogen) atoms. The van der Waals surface area contributed by atoms with Crippen molar-refractivity contribution in [1.82, 2.24) is 5.43 Å². The number of fused-ring (bicyclic) bond motifs is 1. The number of hydrazine groups is 1. The second kappa shape index (κ2) is 5.93. The molecule has 2 unspecified atom stereocenters. The van der Waals surface area contributed by atoms with Crippen LogP contribution >= 0.6 is 0 Å². The zero-order chi connectivity index (χ0) is 13.9. The number of nitrogens with two attached hydrogens (primary N) is 1. The standard InChI is InChI=1S/C16H26N2O/c1-16(2,3)11-13(18-17)10-12-8-9-19-15-7-5-4-6-14(12)15/h4-7,12-13,18H,8-11,17H2,1-3H3. The molecule has 2 atom stereocenters. The van der Waals surface area contributed by atoms with Crippen molar-refractivity contribution in [3.63, 3.8) is 0 Å². The van der Waals surface area contributed by atoms with Crippen LogP contribution in [0.5, 0.6) is 5.75 Å². The lowest BCUT2D eigenvalue weighted by atomic mass is 9.81. The molecule has 0 saturated carbocycles. The van der Waals surface area contributed by atoms with Crippen molar-refractivity contribution < 1.29 is 4.74 Å². The van der Waals surface area contributed by atoms with Crippen molar-refractivity contribution in [2.75, 3.05) is 6.61 Å². The number of ether oxygens (including phenoxy) is 1. The van der Waals surface area contributed by atoms with E-state index < -0.39 is 0 Å². The highest BCUT2D eigenvalue weighted by atomic mass is 16.5. The molecular weight excluding hydrogens is 236 g/mol. The van der Waals surface area contributed by atoms with Gasteiger partial charge in [-0.1, -0.05) is 39.0 Å². The molecule has 106 valence electrons. The second-order valence-electron chi connectivity index (χ2n) is 6.74. The van der Waals surface area contributed by atoms with Crippen LogP contribution in [-0.2, 0) is 0 Å². The number of nitrogens with one attached hydrogen (secondary N) is 1. The van der Waals surface area contributed by atoms with E-state index in [-0.39, 0.29) is 0 Å². The average Bonchev–Trinajstić information content (AvgIpc) is 2.37. The predicted octanol–water partition coefficient (Wildman–Crippen LogP) is 3.21. The number of hydrogen-bond acceptors (Lipinski definition) is 3. The molecule has 0 aliphatic carbocycles. The predicted molar refractivity (Wildman–Crippen MR) is 79.1 cm³/mol. The fourth-order valence-electron chi connectivity index (χ4n) is 2.95. The second-order valence-corrected chi connectivity index (χ2v) is 6.74. The molecular formula is C16H26N2O. The molecule has 3 N–H and O–H groups in total. The van der Waals surface area contributed by atoms with Gasteiger partial charge in [-0.3, -0.25) is 11.3 Å². The number of rotatable bonds is 4. The summed E-state index contributed by atoms with van der Waals surface area (Å²) in [5, 5.41) is 0. The van der Waals surface area contributed by atoms with Gasteiger partial charge in [-0.25, -0.2) is 0 Å². The highest BCUT2D eigenvalue weighted by Crippen LogP contribution is 2.37. The summed E-state index contributed by atoms with van der Waals surface area (Å²) in [4.78, 5) is 0. The maximum absolute atomic E-state index is 5.74. The summed E-state index contributed by atoms with van der Waals surface area (Å²) in [5.41, 5.74) is 4.63. The normalized spacial score (nSPS) is 20.5. The molecule has 3 nitrogen and oxygen atoms in total. The van der Waals surface area contributed by atoms with Crippen LogP contribution in [0, 0.1) is 5.41 Å². The zero-order valence-electron chi connectivity index (χ0n) is 12.3. The molecule has 1 aliphatic rings. The number of para-hydroxylation sites is 1. The summed E-state index contributed by atoms with van der Waals surface area (Å²) in [5.74, 6) is 7.33. The van der Waals surface area contributed by atoms with Gasteiger partial charge in [0.1, 0.15) is 5.75 Å². The zero-order valence-corrected chi connectivity index (χ0v) is 12.3. The summed E-state index contributed by atoms with van der Waals surface area (Å²) in [6.07, 6.45) is 3.25. The van der Waals surface area contributed by atoms with Crippen molar-refractivity contribution in [1.29, 1.82) is 0 Å². The summed E-state index contributed by atoms with van der Waals surface area (Å²) >= 11 is 0. The van der Waals surface area contributed by atoms with E-state index >= 15 is 0 Å². The van der Waals surface area contributed by atoms with Gasteiger partial charge in [-0.05, 0) is 42.2 Å². The molecule has 1 aliphatic heterocycles. The van der Waals surface area contributed by atoms with Gasteiger partial charge >= 0.3 is 0 Å². The third-order valence-electron chi connectivity index (χ3n) is 3.75. The van der Waals surface area contributed by atoms with E-state index in [0.29, 0.717) is 17.4 Å². The van der Waals surface area contributed by atoms with Gasteiger partial charge in [0, 0.05) is 6.04 Å². The van der Waals surface area contributed by atoms with Crippen molar-refractivity contribution in [2.45, 2.75) is 52.0 Å². The lowest BCUT2D eigenvalue weighted by Gasteiger charge is -2.31. The van der Waals surface area contributed by atoms with E-state index in [4.69, 9.17) is 10.6 Å². The first-order valence-electron chi connectivity index (χ1n) is 7.17. The molecule has 1 heterocycles. The average molecular weight is 262 g/mol. The van der Waals surface area contributed by atoms with E-state index in [0.717, 1.165) is 31.6 Å². The third kappa shape index (κ3) is 3.95. The van der Waals surface area contributed by atoms with E-state index in [1.54, 1.807) is 0 Å². The van der Waals surface area contributed by atoms with Crippen molar-refractivity contribution in [2.24, 2.45) is 11.3 Å². The van der Waals surface area contributed by atoms with Crippen molar-refractivity contribution in [3.05, 3.63) is 29.8 Å². The van der Waals surface area contributed by atoms with Crippen molar-refractivity contribution >= 4 is 0 Å². The molecule has 0 spiro atoms. The first kappa shape index (κ1) is 14.4. The summed E-state index contributed by atoms with van der Waals surface area (Å²) in [6, 6.07) is 8.74. The van der Waals surface area contributed by atoms with Crippen LogP contribution in [0.1, 0.15) is 51.5 Å². The first-order valence-corrected chi connectivity index (χ1v) is 7.17. The van der Waals surface area contributed by atoms with Gasteiger partial charge in [-0.15, -0.1) is 0 Å². The maximum atomic E-state index is 5.74. The Morgan fingerprint density at radius 2 is 2.11 bits per heavy atom. The number of benzene rings is 1. The topological polar surface area (TPSA) is 47.3 Å². The van der Waals surface area contributed by atoms with Gasteiger partial charge in [0.15, 0.2) is 0 Å². The van der Waals surface area contributed by atoms with Gasteiger partial charge in [0.2, 0.25) is 0 Å². The summed E-state index contributed by atoms with van der Waals surface area (Å²) < 4.78 is 5.72. The van der Waals surface area contributed by atoms with Gasteiger partial charge in [0.25, 0.3) is 0 Å². The Morgan fingerprint density at radius 1 is 1.37 bits per heavy atom. The van der Waals surface area contributed by atoms with Gasteiger partial charge < -0.3 is 4.74 Å². The Bertz CT molecular complexity index is 411. The molecule has 2 rings (SSSR count).